The van der Waals surface area contributed by atoms with Crippen molar-refractivity contribution in [2.45, 2.75) is 64.8 Å². The monoisotopic (exact) mass is 367 g/mol. The lowest BCUT2D eigenvalue weighted by Gasteiger charge is -2.27. The lowest BCUT2D eigenvalue weighted by Crippen LogP contribution is -2.50. The molecule has 1 aliphatic heterocycles. The molecule has 0 bridgehead atoms. The number of hydrogen-bond acceptors (Lipinski definition) is 4. The van der Waals surface area contributed by atoms with Crippen LogP contribution in [-0.4, -0.2) is 47.5 Å². The van der Waals surface area contributed by atoms with Gasteiger partial charge in [0, 0.05) is 25.9 Å². The number of carbonyl (C=O) groups is 3. The molecule has 26 heavy (non-hydrogen) atoms. The highest BCUT2D eigenvalue weighted by Crippen LogP contribution is 2.16. The van der Waals surface area contributed by atoms with E-state index in [0.717, 1.165) is 25.7 Å². The van der Waals surface area contributed by atoms with Gasteiger partial charge in [-0.05, 0) is 44.4 Å². The van der Waals surface area contributed by atoms with E-state index in [-0.39, 0.29) is 24.2 Å². The molecule has 1 heterocycles. The molecule has 0 aliphatic carbocycles. The predicted molar refractivity (Wildman–Crippen MR) is 99.3 cm³/mol. The molecule has 3 amide bonds. The van der Waals surface area contributed by atoms with Crippen LogP contribution >= 0.6 is 0 Å². The lowest BCUT2D eigenvalue weighted by atomic mass is 9.95. The van der Waals surface area contributed by atoms with Gasteiger partial charge in [0.25, 0.3) is 0 Å². The van der Waals surface area contributed by atoms with E-state index in [1.54, 1.807) is 17.4 Å². The first kappa shape index (κ1) is 22.2. The molecule has 0 aromatic carbocycles. The fraction of sp³-hybridized carbons (Fsp3) is 0.737. The standard InChI is InChI=1S/C19H33N3O4/c1-14(2)12-16-19(25)22(3)11-9-7-5-4-6-8-10-15(18(24)20-16)13-17(23)21-26/h4-5,14-16,26H,6-13H2,1-3H3,(H,20,24)(H,21,23)/t15-,16+/m1/s1. The van der Waals surface area contributed by atoms with Gasteiger partial charge in [-0.1, -0.05) is 26.0 Å². The molecule has 1 aliphatic rings. The summed E-state index contributed by atoms with van der Waals surface area (Å²) in [5.41, 5.74) is 1.59. The van der Waals surface area contributed by atoms with E-state index in [1.165, 1.54) is 0 Å². The van der Waals surface area contributed by atoms with Gasteiger partial charge in [-0.2, -0.15) is 0 Å². The van der Waals surface area contributed by atoms with Crippen LogP contribution in [0.15, 0.2) is 12.2 Å². The second-order valence-corrected chi connectivity index (χ2v) is 7.43. The van der Waals surface area contributed by atoms with Crippen LogP contribution < -0.4 is 10.8 Å². The molecule has 0 spiro atoms. The Morgan fingerprint density at radius 1 is 1.31 bits per heavy atom. The molecule has 148 valence electrons. The number of carbonyl (C=O) groups excluding carboxylic acids is 3. The average molecular weight is 367 g/mol. The van der Waals surface area contributed by atoms with Crippen molar-refractivity contribution in [3.05, 3.63) is 12.2 Å². The molecule has 7 nitrogen and oxygen atoms in total. The number of hydrogen-bond donors (Lipinski definition) is 3. The van der Waals surface area contributed by atoms with Crippen LogP contribution in [0.1, 0.15) is 58.8 Å². The second kappa shape index (κ2) is 11.7. The van der Waals surface area contributed by atoms with Gasteiger partial charge in [0.2, 0.25) is 17.7 Å². The molecule has 0 fully saturated rings. The summed E-state index contributed by atoms with van der Waals surface area (Å²) in [4.78, 5) is 38.7. The first-order valence-corrected chi connectivity index (χ1v) is 9.48. The van der Waals surface area contributed by atoms with Crippen LogP contribution in [0.5, 0.6) is 0 Å². The van der Waals surface area contributed by atoms with Gasteiger partial charge in [0.05, 0.1) is 0 Å². The zero-order valence-corrected chi connectivity index (χ0v) is 16.2. The van der Waals surface area contributed by atoms with E-state index in [0.29, 0.717) is 19.4 Å². The maximum atomic E-state index is 12.8. The van der Waals surface area contributed by atoms with Crippen molar-refractivity contribution in [1.82, 2.24) is 15.7 Å². The minimum atomic E-state index is -0.592. The number of amides is 3. The zero-order valence-electron chi connectivity index (χ0n) is 16.2. The summed E-state index contributed by atoms with van der Waals surface area (Å²) in [7, 11) is 1.76. The Labute approximate surface area is 156 Å². The quantitative estimate of drug-likeness (QED) is 0.402. The number of allylic oxidation sites excluding steroid dienone is 2. The summed E-state index contributed by atoms with van der Waals surface area (Å²) in [6.45, 7) is 4.66. The molecule has 0 aromatic heterocycles. The van der Waals surface area contributed by atoms with Crippen molar-refractivity contribution >= 4 is 17.7 Å². The molecule has 0 saturated carbocycles. The van der Waals surface area contributed by atoms with Crippen molar-refractivity contribution in [1.29, 1.82) is 0 Å². The number of rotatable bonds is 4. The molecule has 3 N–H and O–H groups in total. The first-order valence-electron chi connectivity index (χ1n) is 9.48. The topological polar surface area (TPSA) is 98.7 Å². The van der Waals surface area contributed by atoms with Gasteiger partial charge in [0.1, 0.15) is 6.04 Å². The van der Waals surface area contributed by atoms with E-state index >= 15 is 0 Å². The molecule has 0 unspecified atom stereocenters. The summed E-state index contributed by atoms with van der Waals surface area (Å²) >= 11 is 0. The largest absolute Gasteiger partial charge is 0.344 e. The van der Waals surface area contributed by atoms with Crippen LogP contribution in [0.4, 0.5) is 0 Å². The predicted octanol–water partition coefficient (Wildman–Crippen LogP) is 2.01. The highest BCUT2D eigenvalue weighted by molar-refractivity contribution is 5.90. The minimum Gasteiger partial charge on any atom is -0.344 e. The number of likely N-dealkylation sites (N-methyl/N-ethyl adjacent to an activating group) is 1. The van der Waals surface area contributed by atoms with E-state index in [9.17, 15) is 14.4 Å². The summed E-state index contributed by atoms with van der Waals surface area (Å²) < 4.78 is 0. The third-order valence-electron chi connectivity index (χ3n) is 4.58. The van der Waals surface area contributed by atoms with Crippen molar-refractivity contribution in [2.24, 2.45) is 11.8 Å². The zero-order chi connectivity index (χ0) is 19.5. The van der Waals surface area contributed by atoms with E-state index in [1.807, 2.05) is 13.8 Å². The van der Waals surface area contributed by atoms with Crippen molar-refractivity contribution in [3.63, 3.8) is 0 Å². The van der Waals surface area contributed by atoms with E-state index in [4.69, 9.17) is 5.21 Å². The van der Waals surface area contributed by atoms with Crippen LogP contribution in [0.25, 0.3) is 0 Å². The summed E-state index contributed by atoms with van der Waals surface area (Å²) in [5, 5.41) is 11.6. The number of nitrogens with one attached hydrogen (secondary N) is 2. The molecule has 2 atom stereocenters. The molecule has 1 rings (SSSR count). The number of hydroxylamine groups is 1. The molecule has 0 aromatic rings. The van der Waals surface area contributed by atoms with Crippen LogP contribution in [-0.2, 0) is 14.4 Å². The maximum Gasteiger partial charge on any atom is 0.244 e. The van der Waals surface area contributed by atoms with Crippen LogP contribution in [0, 0.1) is 11.8 Å². The first-order chi connectivity index (χ1) is 12.3. The number of nitrogens with zero attached hydrogens (tertiary/aromatic N) is 1. The summed E-state index contributed by atoms with van der Waals surface area (Å²) in [6.07, 6.45) is 8.59. The molecular weight excluding hydrogens is 334 g/mol. The van der Waals surface area contributed by atoms with Gasteiger partial charge in [-0.25, -0.2) is 5.48 Å². The maximum absolute atomic E-state index is 12.8. The Balaban J connectivity index is 2.96. The fourth-order valence-electron chi connectivity index (χ4n) is 3.12. The highest BCUT2D eigenvalue weighted by Gasteiger charge is 2.29. The Kier molecular flexibility index (Phi) is 9.95. The molecular formula is C19H33N3O4. The molecule has 0 saturated heterocycles. The van der Waals surface area contributed by atoms with E-state index in [2.05, 4.69) is 17.5 Å². The summed E-state index contributed by atoms with van der Waals surface area (Å²) in [6, 6.07) is -0.592. The Hall–Kier alpha value is -1.89. The van der Waals surface area contributed by atoms with Gasteiger partial charge in [-0.3, -0.25) is 19.6 Å². The van der Waals surface area contributed by atoms with Gasteiger partial charge in [0.15, 0.2) is 0 Å². The highest BCUT2D eigenvalue weighted by atomic mass is 16.5. The second-order valence-electron chi connectivity index (χ2n) is 7.43. The minimum absolute atomic E-state index is 0.0928. The Morgan fingerprint density at radius 3 is 2.58 bits per heavy atom. The molecule has 7 heteroatoms. The Bertz CT molecular complexity index is 505. The normalized spacial score (nSPS) is 23.5. The third-order valence-corrected chi connectivity index (χ3v) is 4.58. The van der Waals surface area contributed by atoms with Gasteiger partial charge >= 0.3 is 0 Å². The van der Waals surface area contributed by atoms with Crippen LogP contribution in [0.3, 0.4) is 0 Å². The van der Waals surface area contributed by atoms with Crippen LogP contribution in [0.2, 0.25) is 0 Å². The van der Waals surface area contributed by atoms with Crippen molar-refractivity contribution in [3.8, 4) is 0 Å². The van der Waals surface area contributed by atoms with E-state index < -0.39 is 17.9 Å². The SMILES string of the molecule is CC(C)C[C@@H]1NC(=O)[C@@H](CC(=O)NO)CCCC=CCCCN(C)C1=O. The third kappa shape index (κ3) is 7.99. The molecule has 0 radical (unpaired) electrons. The smallest absolute Gasteiger partial charge is 0.244 e. The fourth-order valence-corrected chi connectivity index (χ4v) is 3.12. The van der Waals surface area contributed by atoms with Gasteiger partial charge in [-0.15, -0.1) is 0 Å². The summed E-state index contributed by atoms with van der Waals surface area (Å²) in [5.74, 6) is -1.31. The average Bonchev–Trinajstić information content (AvgIpc) is 2.59. The van der Waals surface area contributed by atoms with Crippen molar-refractivity contribution in [2.75, 3.05) is 13.6 Å². The Morgan fingerprint density at radius 2 is 1.96 bits per heavy atom. The van der Waals surface area contributed by atoms with Gasteiger partial charge < -0.3 is 10.2 Å². The lowest BCUT2D eigenvalue weighted by molar-refractivity contribution is -0.138. The van der Waals surface area contributed by atoms with Crippen molar-refractivity contribution < 1.29 is 19.6 Å².